The van der Waals surface area contributed by atoms with Gasteiger partial charge in [-0.1, -0.05) is 38.2 Å². The average molecular weight is 232 g/mol. The first-order chi connectivity index (χ1) is 8.20. The molecule has 0 bridgehead atoms. The van der Waals surface area contributed by atoms with Gasteiger partial charge in [-0.2, -0.15) is 0 Å². The molecule has 1 aliphatic carbocycles. The van der Waals surface area contributed by atoms with Gasteiger partial charge in [0, 0.05) is 23.9 Å². The molecule has 0 saturated heterocycles. The lowest BCUT2D eigenvalue weighted by molar-refractivity contribution is 0.312. The van der Waals surface area contributed by atoms with Crippen molar-refractivity contribution < 1.29 is 0 Å². The van der Waals surface area contributed by atoms with E-state index in [9.17, 15) is 0 Å². The summed E-state index contributed by atoms with van der Waals surface area (Å²) in [4.78, 5) is 4.49. The molecule has 17 heavy (non-hydrogen) atoms. The van der Waals surface area contributed by atoms with Crippen molar-refractivity contribution in [1.82, 2.24) is 4.98 Å². The molecule has 0 unspecified atom stereocenters. The van der Waals surface area contributed by atoms with Crippen LogP contribution in [0.1, 0.15) is 56.2 Å². The lowest BCUT2D eigenvalue weighted by Gasteiger charge is -2.31. The predicted molar refractivity (Wildman–Crippen MR) is 71.9 cm³/mol. The van der Waals surface area contributed by atoms with Gasteiger partial charge in [-0.3, -0.25) is 4.98 Å². The van der Waals surface area contributed by atoms with Crippen molar-refractivity contribution in [3.63, 3.8) is 0 Å². The third-order valence-corrected chi connectivity index (χ3v) is 3.99. The molecule has 0 amide bonds. The molecular weight excluding hydrogens is 208 g/mol. The number of rotatable bonds is 2. The van der Waals surface area contributed by atoms with Crippen LogP contribution in [0.5, 0.6) is 0 Å². The molecule has 2 heteroatoms. The molecule has 94 valence electrons. The van der Waals surface area contributed by atoms with Gasteiger partial charge in [-0.05, 0) is 31.4 Å². The van der Waals surface area contributed by atoms with Crippen LogP contribution in [0.4, 0.5) is 0 Å². The van der Waals surface area contributed by atoms with Crippen LogP contribution >= 0.6 is 0 Å². The zero-order valence-electron chi connectivity index (χ0n) is 10.9. The van der Waals surface area contributed by atoms with E-state index in [-0.39, 0.29) is 5.54 Å². The zero-order chi connectivity index (χ0) is 12.1. The molecule has 0 spiro atoms. The highest BCUT2D eigenvalue weighted by atomic mass is 14.8. The molecular formula is C15H24N2. The number of hydrogen-bond donors (Lipinski definition) is 1. The smallest absolute Gasteiger partial charge is 0.0451 e. The van der Waals surface area contributed by atoms with Gasteiger partial charge in [0.15, 0.2) is 0 Å². The average Bonchev–Trinajstić information content (AvgIpc) is 2.28. The molecule has 1 saturated carbocycles. The summed E-state index contributed by atoms with van der Waals surface area (Å²) in [5, 5.41) is 0. The molecule has 2 nitrogen and oxygen atoms in total. The highest BCUT2D eigenvalue weighted by Crippen LogP contribution is 2.27. The van der Waals surface area contributed by atoms with Crippen molar-refractivity contribution in [2.24, 2.45) is 5.73 Å². The molecule has 2 N–H and O–H groups in total. The fraction of sp³-hybridized carbons (Fsp3) is 0.667. The summed E-state index contributed by atoms with van der Waals surface area (Å²) >= 11 is 0. The first-order valence-corrected chi connectivity index (χ1v) is 6.89. The standard InChI is InChI=1S/C15H24N2/c1-13-8-7-11-17-14(13)12-15(16)9-5-3-2-4-6-10-15/h7-8,11H,2-6,9-10,12,16H2,1H3. The van der Waals surface area contributed by atoms with Gasteiger partial charge in [-0.15, -0.1) is 0 Å². The minimum atomic E-state index is -0.0144. The van der Waals surface area contributed by atoms with Crippen LogP contribution in [0.2, 0.25) is 0 Å². The van der Waals surface area contributed by atoms with Crippen molar-refractivity contribution in [1.29, 1.82) is 0 Å². The summed E-state index contributed by atoms with van der Waals surface area (Å²) in [6.45, 7) is 2.13. The maximum Gasteiger partial charge on any atom is 0.0451 e. The van der Waals surface area contributed by atoms with Gasteiger partial charge in [0.05, 0.1) is 0 Å². The summed E-state index contributed by atoms with van der Waals surface area (Å²) in [5.74, 6) is 0. The maximum atomic E-state index is 6.59. The van der Waals surface area contributed by atoms with Gasteiger partial charge in [0.2, 0.25) is 0 Å². The van der Waals surface area contributed by atoms with E-state index in [0.29, 0.717) is 0 Å². The highest BCUT2D eigenvalue weighted by Gasteiger charge is 2.26. The Balaban J connectivity index is 2.06. The Hall–Kier alpha value is -0.890. The molecule has 1 aliphatic rings. The fourth-order valence-electron chi connectivity index (χ4n) is 2.82. The lowest BCUT2D eigenvalue weighted by atomic mass is 9.81. The van der Waals surface area contributed by atoms with Gasteiger partial charge < -0.3 is 5.73 Å². The fourth-order valence-corrected chi connectivity index (χ4v) is 2.82. The summed E-state index contributed by atoms with van der Waals surface area (Å²) in [5.41, 5.74) is 9.04. The van der Waals surface area contributed by atoms with Gasteiger partial charge in [0.1, 0.15) is 0 Å². The second-order valence-corrected chi connectivity index (χ2v) is 5.57. The summed E-state index contributed by atoms with van der Waals surface area (Å²) in [6.07, 6.45) is 11.8. The molecule has 0 aromatic carbocycles. The molecule has 0 atom stereocenters. The van der Waals surface area contributed by atoms with Crippen LogP contribution in [0.25, 0.3) is 0 Å². The Morgan fingerprint density at radius 1 is 1.18 bits per heavy atom. The predicted octanol–water partition coefficient (Wildman–Crippen LogP) is 3.37. The molecule has 0 aliphatic heterocycles. The Morgan fingerprint density at radius 3 is 2.47 bits per heavy atom. The summed E-state index contributed by atoms with van der Waals surface area (Å²) < 4.78 is 0. The molecule has 1 fully saturated rings. The zero-order valence-corrected chi connectivity index (χ0v) is 10.9. The molecule has 1 heterocycles. The normalized spacial score (nSPS) is 20.6. The third-order valence-electron chi connectivity index (χ3n) is 3.99. The number of aryl methyl sites for hydroxylation is 1. The third kappa shape index (κ3) is 3.53. The Labute approximate surface area is 105 Å². The van der Waals surface area contributed by atoms with Crippen molar-refractivity contribution in [3.05, 3.63) is 29.6 Å². The summed E-state index contributed by atoms with van der Waals surface area (Å²) in [6, 6.07) is 4.13. The quantitative estimate of drug-likeness (QED) is 0.849. The minimum absolute atomic E-state index is 0.0144. The van der Waals surface area contributed by atoms with Crippen LogP contribution in [-0.2, 0) is 6.42 Å². The first-order valence-electron chi connectivity index (χ1n) is 6.89. The molecule has 0 radical (unpaired) electrons. The summed E-state index contributed by atoms with van der Waals surface area (Å²) in [7, 11) is 0. The van der Waals surface area contributed by atoms with E-state index in [4.69, 9.17) is 5.73 Å². The number of nitrogens with two attached hydrogens (primary N) is 1. The maximum absolute atomic E-state index is 6.59. The topological polar surface area (TPSA) is 38.9 Å². The van der Waals surface area contributed by atoms with E-state index in [1.54, 1.807) is 0 Å². The van der Waals surface area contributed by atoms with Crippen LogP contribution in [0.3, 0.4) is 0 Å². The Kier molecular flexibility index (Phi) is 4.16. The molecule has 1 aromatic rings. The monoisotopic (exact) mass is 232 g/mol. The van der Waals surface area contributed by atoms with Crippen LogP contribution < -0.4 is 5.73 Å². The van der Waals surface area contributed by atoms with Crippen molar-refractivity contribution >= 4 is 0 Å². The molecule has 2 rings (SSSR count). The van der Waals surface area contributed by atoms with E-state index in [1.807, 2.05) is 12.3 Å². The van der Waals surface area contributed by atoms with Crippen molar-refractivity contribution in [3.8, 4) is 0 Å². The van der Waals surface area contributed by atoms with Gasteiger partial charge in [-0.25, -0.2) is 0 Å². The number of nitrogens with zero attached hydrogens (tertiary/aromatic N) is 1. The Morgan fingerprint density at radius 2 is 1.82 bits per heavy atom. The van der Waals surface area contributed by atoms with Crippen LogP contribution in [0.15, 0.2) is 18.3 Å². The van der Waals surface area contributed by atoms with E-state index in [0.717, 1.165) is 19.3 Å². The van der Waals surface area contributed by atoms with Crippen molar-refractivity contribution in [2.45, 2.75) is 63.8 Å². The van der Waals surface area contributed by atoms with Crippen molar-refractivity contribution in [2.75, 3.05) is 0 Å². The minimum Gasteiger partial charge on any atom is -0.325 e. The number of pyridine rings is 1. The number of hydrogen-bond acceptors (Lipinski definition) is 2. The molecule has 1 aromatic heterocycles. The lowest BCUT2D eigenvalue weighted by Crippen LogP contribution is -2.43. The first kappa shape index (κ1) is 12.6. The van der Waals surface area contributed by atoms with E-state index < -0.39 is 0 Å². The van der Waals surface area contributed by atoms with E-state index in [2.05, 4.69) is 18.0 Å². The second-order valence-electron chi connectivity index (χ2n) is 5.57. The van der Waals surface area contributed by atoms with Crippen LogP contribution in [-0.4, -0.2) is 10.5 Å². The Bertz CT molecular complexity index is 352. The largest absolute Gasteiger partial charge is 0.325 e. The van der Waals surface area contributed by atoms with E-state index in [1.165, 1.54) is 43.4 Å². The van der Waals surface area contributed by atoms with E-state index >= 15 is 0 Å². The SMILES string of the molecule is Cc1cccnc1CC1(N)CCCCCCC1. The highest BCUT2D eigenvalue weighted by molar-refractivity contribution is 5.20. The van der Waals surface area contributed by atoms with Gasteiger partial charge in [0.25, 0.3) is 0 Å². The van der Waals surface area contributed by atoms with Crippen LogP contribution in [0, 0.1) is 6.92 Å². The van der Waals surface area contributed by atoms with Gasteiger partial charge >= 0.3 is 0 Å². The number of aromatic nitrogens is 1. The second kappa shape index (κ2) is 5.63.